The Bertz CT molecular complexity index is 1060. The van der Waals surface area contributed by atoms with E-state index < -0.39 is 12.1 Å². The monoisotopic (exact) mass is 487 g/mol. The fourth-order valence-corrected chi connectivity index (χ4v) is 2.43. The molecule has 1 amide bonds. The van der Waals surface area contributed by atoms with Crippen molar-refractivity contribution in [1.82, 2.24) is 14.5 Å². The van der Waals surface area contributed by atoms with Crippen LogP contribution in [0.25, 0.3) is 5.69 Å². The maximum atomic E-state index is 12.4. The summed E-state index contributed by atoms with van der Waals surface area (Å²) < 4.78 is 39.4. The van der Waals surface area contributed by atoms with Crippen LogP contribution in [0.15, 0.2) is 41.5 Å². The number of esters is 1. The molecule has 0 saturated carbocycles. The van der Waals surface area contributed by atoms with Crippen LogP contribution in [-0.4, -0.2) is 57.3 Å². The van der Waals surface area contributed by atoms with Crippen LogP contribution >= 0.6 is 0 Å². The van der Waals surface area contributed by atoms with Crippen molar-refractivity contribution < 1.29 is 37.4 Å². The molecule has 2 rings (SSSR count). The molecule has 0 aliphatic heterocycles. The number of halogens is 3. The summed E-state index contributed by atoms with van der Waals surface area (Å²) in [6.07, 6.45) is -1.63. The van der Waals surface area contributed by atoms with Crippen molar-refractivity contribution in [2.24, 2.45) is 5.73 Å². The molecule has 5 N–H and O–H groups in total. The Morgan fingerprint density at radius 1 is 1.15 bits per heavy atom. The van der Waals surface area contributed by atoms with Gasteiger partial charge in [-0.05, 0) is 31.2 Å². The van der Waals surface area contributed by atoms with Gasteiger partial charge in [-0.1, -0.05) is 0 Å². The van der Waals surface area contributed by atoms with E-state index in [0.717, 1.165) is 0 Å². The molecule has 11 nitrogen and oxygen atoms in total. The number of rotatable bonds is 9. The molecule has 1 aromatic heterocycles. The second kappa shape index (κ2) is 12.8. The molecule has 0 radical (unpaired) electrons. The lowest BCUT2D eigenvalue weighted by atomic mass is 10.2. The Hall–Kier alpha value is -4.10. The lowest BCUT2D eigenvalue weighted by Gasteiger charge is -2.06. The summed E-state index contributed by atoms with van der Waals surface area (Å²) in [5.74, 6) is -3.40. The second-order valence-electron chi connectivity index (χ2n) is 6.56. The summed E-state index contributed by atoms with van der Waals surface area (Å²) in [5.41, 5.74) is 6.36. The van der Waals surface area contributed by atoms with Gasteiger partial charge in [-0.2, -0.15) is 13.2 Å². The van der Waals surface area contributed by atoms with Gasteiger partial charge in [-0.3, -0.25) is 24.1 Å². The first-order valence-electron chi connectivity index (χ1n) is 9.81. The topological polar surface area (TPSA) is 169 Å². The zero-order chi connectivity index (χ0) is 25.9. The van der Waals surface area contributed by atoms with Crippen molar-refractivity contribution in [3.63, 3.8) is 0 Å². The number of carbonyl (C=O) groups excluding carboxylic acids is 2. The third kappa shape index (κ3) is 9.18. The largest absolute Gasteiger partial charge is 0.490 e. The number of nitrogens with one attached hydrogen (secondary N) is 2. The van der Waals surface area contributed by atoms with Crippen LogP contribution in [0.5, 0.6) is 0 Å². The smallest absolute Gasteiger partial charge is 0.475 e. The molecule has 0 spiro atoms. The fraction of sp³-hybridized carbons (Fsp3) is 0.350. The van der Waals surface area contributed by atoms with Crippen molar-refractivity contribution in [2.75, 3.05) is 13.2 Å². The van der Waals surface area contributed by atoms with Crippen molar-refractivity contribution in [3.05, 3.63) is 52.7 Å². The molecule has 14 heteroatoms. The van der Waals surface area contributed by atoms with Crippen LogP contribution in [0, 0.1) is 5.41 Å². The molecule has 1 aromatic carbocycles. The van der Waals surface area contributed by atoms with Gasteiger partial charge < -0.3 is 20.9 Å². The van der Waals surface area contributed by atoms with Crippen molar-refractivity contribution in [3.8, 4) is 5.69 Å². The van der Waals surface area contributed by atoms with Gasteiger partial charge in [0.25, 0.3) is 0 Å². The highest BCUT2D eigenvalue weighted by Gasteiger charge is 2.38. The number of alkyl halides is 3. The number of ether oxygens (including phenoxy) is 1. The summed E-state index contributed by atoms with van der Waals surface area (Å²) in [4.78, 5) is 44.4. The third-order valence-corrected chi connectivity index (χ3v) is 4.08. The zero-order valence-electron chi connectivity index (χ0n) is 18.1. The number of imidazole rings is 1. The quantitative estimate of drug-likeness (QED) is 0.232. The Kier molecular flexibility index (Phi) is 10.5. The molecule has 0 aliphatic carbocycles. The molecular formula is C20H24F3N5O6. The summed E-state index contributed by atoms with van der Waals surface area (Å²) in [5, 5.41) is 17.1. The van der Waals surface area contributed by atoms with Crippen LogP contribution in [-0.2, 0) is 25.7 Å². The first kappa shape index (κ1) is 27.9. The predicted molar refractivity (Wildman–Crippen MR) is 114 cm³/mol. The molecule has 2 aromatic rings. The number of aromatic nitrogens is 2. The van der Waals surface area contributed by atoms with E-state index in [-0.39, 0.29) is 49.3 Å². The first-order valence-corrected chi connectivity index (χ1v) is 9.81. The lowest BCUT2D eigenvalue weighted by molar-refractivity contribution is -0.192. The van der Waals surface area contributed by atoms with Gasteiger partial charge >= 0.3 is 23.8 Å². The third-order valence-electron chi connectivity index (χ3n) is 4.08. The Balaban J connectivity index is 0.000000718. The maximum Gasteiger partial charge on any atom is 0.490 e. The fourth-order valence-electron chi connectivity index (χ4n) is 2.43. The minimum atomic E-state index is -5.08. The van der Waals surface area contributed by atoms with E-state index in [4.69, 9.17) is 25.8 Å². The van der Waals surface area contributed by atoms with Gasteiger partial charge in [-0.15, -0.1) is 0 Å². The number of amidine groups is 1. The van der Waals surface area contributed by atoms with Crippen molar-refractivity contribution in [2.45, 2.75) is 32.5 Å². The van der Waals surface area contributed by atoms with E-state index in [2.05, 4.69) is 5.32 Å². The summed E-state index contributed by atoms with van der Waals surface area (Å²) >= 11 is 0. The number of nitrogens with two attached hydrogens (primary N) is 1. The minimum absolute atomic E-state index is 0.0413. The van der Waals surface area contributed by atoms with Crippen molar-refractivity contribution >= 4 is 23.7 Å². The van der Waals surface area contributed by atoms with E-state index in [1.54, 1.807) is 43.6 Å². The summed E-state index contributed by atoms with van der Waals surface area (Å²) in [6.45, 7) is 2.46. The van der Waals surface area contributed by atoms with Crippen LogP contribution in [0.4, 0.5) is 13.2 Å². The lowest BCUT2D eigenvalue weighted by Crippen LogP contribution is -2.29. The van der Waals surface area contributed by atoms with E-state index in [1.807, 2.05) is 0 Å². The van der Waals surface area contributed by atoms with Gasteiger partial charge in [0, 0.05) is 37.5 Å². The second-order valence-corrected chi connectivity index (χ2v) is 6.56. The molecule has 1 heterocycles. The van der Waals surface area contributed by atoms with Gasteiger partial charge in [0.15, 0.2) is 0 Å². The van der Waals surface area contributed by atoms with Gasteiger partial charge in [-0.25, -0.2) is 9.59 Å². The van der Waals surface area contributed by atoms with E-state index >= 15 is 0 Å². The number of nitrogen functional groups attached to an aromatic ring is 1. The average Bonchev–Trinajstić information content (AvgIpc) is 3.12. The number of carboxylic acids is 1. The number of carbonyl (C=O) groups is 3. The van der Waals surface area contributed by atoms with Gasteiger partial charge in [0.2, 0.25) is 5.91 Å². The van der Waals surface area contributed by atoms with Crippen LogP contribution in [0.3, 0.4) is 0 Å². The Morgan fingerprint density at radius 2 is 1.74 bits per heavy atom. The van der Waals surface area contributed by atoms with Gasteiger partial charge in [0.05, 0.1) is 18.7 Å². The van der Waals surface area contributed by atoms with E-state index in [9.17, 15) is 27.6 Å². The Labute approximate surface area is 191 Å². The Morgan fingerprint density at radius 3 is 2.24 bits per heavy atom. The van der Waals surface area contributed by atoms with Crippen LogP contribution in [0.2, 0.25) is 0 Å². The highest BCUT2D eigenvalue weighted by atomic mass is 19.4. The number of hydrogen-bond donors (Lipinski definition) is 4. The molecule has 34 heavy (non-hydrogen) atoms. The van der Waals surface area contributed by atoms with Crippen molar-refractivity contribution in [1.29, 1.82) is 5.41 Å². The zero-order valence-corrected chi connectivity index (χ0v) is 18.1. The molecule has 0 atom stereocenters. The molecule has 186 valence electrons. The molecule has 0 unspecified atom stereocenters. The number of nitrogens with zero attached hydrogens (tertiary/aromatic N) is 2. The number of aryl methyl sites for hydroxylation is 1. The van der Waals surface area contributed by atoms with Gasteiger partial charge in [0.1, 0.15) is 5.84 Å². The highest BCUT2D eigenvalue weighted by molar-refractivity contribution is 5.95. The molecule has 0 saturated heterocycles. The molecule has 0 bridgehead atoms. The summed E-state index contributed by atoms with van der Waals surface area (Å²) in [6, 6.07) is 6.73. The average molecular weight is 487 g/mol. The van der Waals surface area contributed by atoms with Crippen LogP contribution in [0.1, 0.15) is 25.3 Å². The molecular weight excluding hydrogens is 463 g/mol. The SMILES string of the molecule is CCOC(=O)CCNC(=O)CCn1ccn(-c2ccc(C(=N)N)cc2)c1=O.O=C(O)C(F)(F)F. The number of hydrogen-bond acceptors (Lipinski definition) is 6. The number of amides is 1. The summed E-state index contributed by atoms with van der Waals surface area (Å²) in [7, 11) is 0. The minimum Gasteiger partial charge on any atom is -0.475 e. The predicted octanol–water partition coefficient (Wildman–Crippen LogP) is 1.02. The number of aliphatic carboxylic acids is 1. The first-order chi connectivity index (χ1) is 15.9. The van der Waals surface area contributed by atoms with E-state index in [1.165, 1.54) is 9.13 Å². The standard InChI is InChI=1S/C18H23N5O4.C2HF3O2/c1-2-27-16(25)7-9-21-15(24)8-10-22-11-12-23(18(22)26)14-5-3-13(4-6-14)17(19)20;3-2(4,5)1(6)7/h3-6,11-12H,2,7-10H2,1H3,(H3,19,20)(H,21,24);(H,6,7). The maximum absolute atomic E-state index is 12.4. The van der Waals surface area contributed by atoms with E-state index in [0.29, 0.717) is 17.9 Å². The molecule has 0 fully saturated rings. The number of benzene rings is 1. The molecule has 0 aliphatic rings. The van der Waals surface area contributed by atoms with Crippen LogP contribution < -0.4 is 16.7 Å². The highest BCUT2D eigenvalue weighted by Crippen LogP contribution is 2.13. The normalized spacial score (nSPS) is 10.6. The number of carboxylic acid groups (broad SMARTS) is 1.